The topological polar surface area (TPSA) is 78.7 Å². The third kappa shape index (κ3) is 4.21. The van der Waals surface area contributed by atoms with Crippen LogP contribution in [-0.4, -0.2) is 48.9 Å². The Balaban J connectivity index is 1.57. The lowest BCUT2D eigenvalue weighted by Crippen LogP contribution is -2.47. The molecule has 2 aromatic rings. The summed E-state index contributed by atoms with van der Waals surface area (Å²) < 4.78 is 29.9. The molecule has 9 heteroatoms. The molecule has 0 aliphatic carbocycles. The summed E-state index contributed by atoms with van der Waals surface area (Å²) in [5, 5.41) is 0.680. The summed E-state index contributed by atoms with van der Waals surface area (Å²) in [6.07, 6.45) is 5.41. The van der Waals surface area contributed by atoms with Gasteiger partial charge in [0, 0.05) is 45.1 Å². The highest BCUT2D eigenvalue weighted by atomic mass is 35.5. The van der Waals surface area contributed by atoms with Crippen LogP contribution in [-0.2, 0) is 16.8 Å². The molecule has 7 nitrogen and oxygen atoms in total. The number of piperidine rings is 1. The van der Waals surface area contributed by atoms with Crippen LogP contribution >= 0.6 is 11.6 Å². The van der Waals surface area contributed by atoms with Crippen molar-refractivity contribution in [3.8, 4) is 0 Å². The number of likely N-dealkylation sites (tertiary alicyclic amines) is 1. The molecule has 126 valence electrons. The zero-order chi connectivity index (χ0) is 16.4. The van der Waals surface area contributed by atoms with Crippen molar-refractivity contribution in [1.29, 1.82) is 0 Å². The molecule has 0 bridgehead atoms. The van der Waals surface area contributed by atoms with Crippen molar-refractivity contribution in [2.24, 2.45) is 0 Å². The van der Waals surface area contributed by atoms with E-state index in [1.54, 1.807) is 0 Å². The van der Waals surface area contributed by atoms with Crippen LogP contribution < -0.4 is 9.44 Å². The van der Waals surface area contributed by atoms with E-state index in [1.165, 1.54) is 7.05 Å². The largest absolute Gasteiger partial charge is 0.305 e. The fourth-order valence-corrected chi connectivity index (χ4v) is 3.77. The van der Waals surface area contributed by atoms with Crippen molar-refractivity contribution in [2.45, 2.75) is 25.4 Å². The Kier molecular flexibility index (Phi) is 4.88. The van der Waals surface area contributed by atoms with Gasteiger partial charge in [0.15, 0.2) is 0 Å². The molecule has 0 amide bonds. The minimum absolute atomic E-state index is 0.0106. The van der Waals surface area contributed by atoms with Crippen LogP contribution in [0.25, 0.3) is 5.65 Å². The van der Waals surface area contributed by atoms with Gasteiger partial charge >= 0.3 is 0 Å². The highest BCUT2D eigenvalue weighted by molar-refractivity contribution is 7.87. The Morgan fingerprint density at radius 3 is 2.74 bits per heavy atom. The molecule has 2 N–H and O–H groups in total. The second-order valence-electron chi connectivity index (χ2n) is 5.72. The molecule has 0 spiro atoms. The molecule has 0 unspecified atom stereocenters. The first kappa shape index (κ1) is 16.7. The van der Waals surface area contributed by atoms with Gasteiger partial charge in [0.05, 0.1) is 10.7 Å². The molecule has 23 heavy (non-hydrogen) atoms. The van der Waals surface area contributed by atoms with Crippen LogP contribution in [0.15, 0.2) is 24.5 Å². The molecule has 0 atom stereocenters. The summed E-state index contributed by atoms with van der Waals surface area (Å²) in [6.45, 7) is 2.43. The molecule has 3 heterocycles. The normalized spacial score (nSPS) is 17.8. The number of aromatic nitrogens is 2. The maximum absolute atomic E-state index is 11.5. The summed E-state index contributed by atoms with van der Waals surface area (Å²) >= 11 is 5.98. The van der Waals surface area contributed by atoms with Gasteiger partial charge in [-0.05, 0) is 25.0 Å². The van der Waals surface area contributed by atoms with Crippen molar-refractivity contribution >= 4 is 27.5 Å². The fraction of sp³-hybridized carbons (Fsp3) is 0.500. The van der Waals surface area contributed by atoms with Gasteiger partial charge in [-0.1, -0.05) is 11.6 Å². The minimum Gasteiger partial charge on any atom is -0.305 e. The molecule has 1 aliphatic rings. The van der Waals surface area contributed by atoms with Crippen LogP contribution in [0.3, 0.4) is 0 Å². The Morgan fingerprint density at radius 1 is 1.30 bits per heavy atom. The third-order valence-electron chi connectivity index (χ3n) is 4.03. The van der Waals surface area contributed by atoms with E-state index in [0.29, 0.717) is 5.02 Å². The van der Waals surface area contributed by atoms with E-state index in [0.717, 1.165) is 43.8 Å². The van der Waals surface area contributed by atoms with Crippen molar-refractivity contribution in [3.63, 3.8) is 0 Å². The van der Waals surface area contributed by atoms with Crippen LogP contribution in [0, 0.1) is 0 Å². The second kappa shape index (κ2) is 6.74. The summed E-state index contributed by atoms with van der Waals surface area (Å²) in [5.74, 6) is 0. The predicted octanol–water partition coefficient (Wildman–Crippen LogP) is 1.01. The van der Waals surface area contributed by atoms with Crippen molar-refractivity contribution in [3.05, 3.63) is 35.2 Å². The summed E-state index contributed by atoms with van der Waals surface area (Å²) in [5.41, 5.74) is 1.86. The second-order valence-corrected chi connectivity index (χ2v) is 7.81. The maximum atomic E-state index is 11.5. The Labute approximate surface area is 140 Å². The van der Waals surface area contributed by atoms with Gasteiger partial charge in [0.25, 0.3) is 10.2 Å². The zero-order valence-corrected chi connectivity index (χ0v) is 14.4. The highest BCUT2D eigenvalue weighted by Crippen LogP contribution is 2.16. The average molecular weight is 358 g/mol. The molecule has 1 aliphatic heterocycles. The van der Waals surface area contributed by atoms with Crippen molar-refractivity contribution < 1.29 is 8.42 Å². The lowest BCUT2D eigenvalue weighted by atomic mass is 10.1. The number of halogens is 1. The van der Waals surface area contributed by atoms with E-state index in [2.05, 4.69) is 19.3 Å². The van der Waals surface area contributed by atoms with Gasteiger partial charge in [-0.2, -0.15) is 13.1 Å². The first-order chi connectivity index (χ1) is 10.9. The quantitative estimate of drug-likeness (QED) is 0.837. The summed E-state index contributed by atoms with van der Waals surface area (Å²) in [6, 6.07) is 3.71. The van der Waals surface area contributed by atoms with E-state index in [-0.39, 0.29) is 6.04 Å². The lowest BCUT2D eigenvalue weighted by Gasteiger charge is -2.31. The number of imidazole rings is 1. The maximum Gasteiger partial charge on any atom is 0.276 e. The fourth-order valence-electron chi connectivity index (χ4n) is 2.81. The van der Waals surface area contributed by atoms with Gasteiger partial charge < -0.3 is 4.40 Å². The third-order valence-corrected chi connectivity index (χ3v) is 5.43. The molecule has 1 fully saturated rings. The molecule has 3 rings (SSSR count). The highest BCUT2D eigenvalue weighted by Gasteiger charge is 2.23. The number of fused-ring (bicyclic) bond motifs is 1. The lowest BCUT2D eigenvalue weighted by molar-refractivity contribution is 0.198. The number of hydrogen-bond donors (Lipinski definition) is 2. The van der Waals surface area contributed by atoms with E-state index < -0.39 is 10.2 Å². The SMILES string of the molecule is CNS(=O)(=O)NC1CCN(Cc2cn3cc(Cl)ccc3n2)CC1. The van der Waals surface area contributed by atoms with Crippen LogP contribution in [0.5, 0.6) is 0 Å². The molecule has 0 aromatic carbocycles. The van der Waals surface area contributed by atoms with Gasteiger partial charge in [0.2, 0.25) is 0 Å². The Bertz CT molecular complexity index is 784. The van der Waals surface area contributed by atoms with Gasteiger partial charge in [-0.25, -0.2) is 9.71 Å². The number of pyridine rings is 1. The number of nitrogens with zero attached hydrogens (tertiary/aromatic N) is 3. The molecule has 0 saturated carbocycles. The number of rotatable bonds is 5. The van der Waals surface area contributed by atoms with Gasteiger partial charge in [-0.15, -0.1) is 0 Å². The van der Waals surface area contributed by atoms with E-state index in [1.807, 2.05) is 28.9 Å². The molecule has 0 radical (unpaired) electrons. The number of hydrogen-bond acceptors (Lipinski definition) is 4. The molecular weight excluding hydrogens is 338 g/mol. The average Bonchev–Trinajstić information content (AvgIpc) is 2.90. The number of nitrogens with one attached hydrogen (secondary N) is 2. The van der Waals surface area contributed by atoms with Crippen LogP contribution in [0.4, 0.5) is 0 Å². The standard InChI is InChI=1S/C14H20ClN5O2S/c1-16-23(21,22)18-12-4-6-19(7-5-12)9-13-10-20-8-11(15)2-3-14(20)17-13/h2-3,8,10,12,16,18H,4-7,9H2,1H3. The Morgan fingerprint density at radius 2 is 2.04 bits per heavy atom. The first-order valence-electron chi connectivity index (χ1n) is 7.51. The molecule has 2 aromatic heterocycles. The zero-order valence-electron chi connectivity index (χ0n) is 12.9. The smallest absolute Gasteiger partial charge is 0.276 e. The van der Waals surface area contributed by atoms with E-state index >= 15 is 0 Å². The van der Waals surface area contributed by atoms with Crippen molar-refractivity contribution in [2.75, 3.05) is 20.1 Å². The first-order valence-corrected chi connectivity index (χ1v) is 9.37. The van der Waals surface area contributed by atoms with Crippen molar-refractivity contribution in [1.82, 2.24) is 23.7 Å². The summed E-state index contributed by atoms with van der Waals surface area (Å²) in [7, 11) is -1.95. The summed E-state index contributed by atoms with van der Waals surface area (Å²) in [4.78, 5) is 6.87. The van der Waals surface area contributed by atoms with E-state index in [9.17, 15) is 8.42 Å². The van der Waals surface area contributed by atoms with E-state index in [4.69, 9.17) is 11.6 Å². The Hall–Kier alpha value is -1.19. The monoisotopic (exact) mass is 357 g/mol. The van der Waals surface area contributed by atoms with Crippen LogP contribution in [0.1, 0.15) is 18.5 Å². The minimum atomic E-state index is -3.36. The van der Waals surface area contributed by atoms with Gasteiger partial charge in [0.1, 0.15) is 5.65 Å². The molecule has 1 saturated heterocycles. The van der Waals surface area contributed by atoms with Gasteiger partial charge in [-0.3, -0.25) is 4.90 Å². The molecular formula is C14H20ClN5O2S. The van der Waals surface area contributed by atoms with Crippen LogP contribution in [0.2, 0.25) is 5.02 Å². The predicted molar refractivity (Wildman–Crippen MR) is 89.6 cm³/mol.